The van der Waals surface area contributed by atoms with Gasteiger partial charge in [-0.1, -0.05) is 147 Å². The molecule has 0 fully saturated rings. The van der Waals surface area contributed by atoms with Gasteiger partial charge in [0, 0.05) is 19.3 Å². The molecule has 0 radical (unpaired) electrons. The number of ether oxygens (including phenoxy) is 3. The van der Waals surface area contributed by atoms with Crippen LogP contribution in [0.5, 0.6) is 0 Å². The van der Waals surface area contributed by atoms with E-state index in [1.807, 2.05) is 21.1 Å². The van der Waals surface area contributed by atoms with Gasteiger partial charge in [0.2, 0.25) is 0 Å². The molecule has 1 N–H and O–H groups in total. The van der Waals surface area contributed by atoms with Gasteiger partial charge in [-0.05, 0) is 38.5 Å². The van der Waals surface area contributed by atoms with Gasteiger partial charge in [0.1, 0.15) is 6.61 Å². The number of carboxylic acids is 1. The van der Waals surface area contributed by atoms with Crippen molar-refractivity contribution in [2.24, 2.45) is 0 Å². The highest BCUT2D eigenvalue weighted by Gasteiger charge is 2.31. The Morgan fingerprint density at radius 2 is 1.02 bits per heavy atom. The maximum Gasteiger partial charge on any atom is 0.362 e. The van der Waals surface area contributed by atoms with Gasteiger partial charge in [0.05, 0.1) is 34.4 Å². The lowest BCUT2D eigenvalue weighted by atomic mass is 10.1. The van der Waals surface area contributed by atoms with Gasteiger partial charge < -0.3 is 23.8 Å². The number of unbranched alkanes of at least 4 members (excludes halogenated alkanes) is 20. The van der Waals surface area contributed by atoms with Gasteiger partial charge in [-0.25, -0.2) is 4.79 Å². The molecule has 0 saturated carbocycles. The molecule has 0 aromatic heterocycles. The lowest BCUT2D eigenvalue weighted by Gasteiger charge is -2.31. The fraction of sp³-hybridized carbons (Fsp3) is 0.837. The van der Waals surface area contributed by atoms with Crippen LogP contribution in [0.4, 0.5) is 0 Å². The molecule has 0 aromatic carbocycles. The van der Waals surface area contributed by atoms with Crippen LogP contribution in [0.15, 0.2) is 24.3 Å². The van der Waals surface area contributed by atoms with Crippen LogP contribution in [-0.2, 0) is 28.6 Å². The van der Waals surface area contributed by atoms with Crippen LogP contribution in [0.3, 0.4) is 0 Å². The van der Waals surface area contributed by atoms with Crippen LogP contribution >= 0.6 is 0 Å². The number of carboxylic acid groups (broad SMARTS) is 1. The van der Waals surface area contributed by atoms with Crippen LogP contribution in [-0.4, -0.2) is 80.6 Å². The molecular formula is C43H80NO7+. The summed E-state index contributed by atoms with van der Waals surface area (Å²) in [6, 6.07) is -0.613. The summed E-state index contributed by atoms with van der Waals surface area (Å²) in [4.78, 5) is 36.8. The van der Waals surface area contributed by atoms with Crippen molar-refractivity contribution in [3.05, 3.63) is 24.3 Å². The number of hydrogen-bond donors (Lipinski definition) is 1. The van der Waals surface area contributed by atoms with Crippen molar-refractivity contribution in [2.75, 3.05) is 41.0 Å². The summed E-state index contributed by atoms with van der Waals surface area (Å²) >= 11 is 0. The number of rotatable bonds is 37. The number of esters is 2. The first kappa shape index (κ1) is 48.8. The summed E-state index contributed by atoms with van der Waals surface area (Å²) in [5.74, 6) is -1.48. The third kappa shape index (κ3) is 33.4. The average Bonchev–Trinajstić information content (AvgIpc) is 3.08. The Morgan fingerprint density at radius 1 is 0.588 bits per heavy atom. The minimum Gasteiger partial charge on any atom is -0.477 e. The number of allylic oxidation sites excluding steroid dienone is 4. The zero-order chi connectivity index (χ0) is 37.8. The van der Waals surface area contributed by atoms with Gasteiger partial charge in [0.15, 0.2) is 12.1 Å². The summed E-state index contributed by atoms with van der Waals surface area (Å²) in [6.45, 7) is 4.69. The van der Waals surface area contributed by atoms with E-state index in [-0.39, 0.29) is 36.2 Å². The van der Waals surface area contributed by atoms with Crippen LogP contribution in [0.25, 0.3) is 0 Å². The van der Waals surface area contributed by atoms with Crippen molar-refractivity contribution in [1.82, 2.24) is 0 Å². The first-order valence-corrected chi connectivity index (χ1v) is 20.9. The number of carbonyl (C=O) groups is 3. The van der Waals surface area contributed by atoms with E-state index < -0.39 is 18.1 Å². The first-order valence-electron chi connectivity index (χ1n) is 20.9. The molecule has 0 amide bonds. The van der Waals surface area contributed by atoms with E-state index in [4.69, 9.17) is 14.2 Å². The van der Waals surface area contributed by atoms with Crippen molar-refractivity contribution in [1.29, 1.82) is 0 Å². The summed E-state index contributed by atoms with van der Waals surface area (Å²) in [5.41, 5.74) is 0. The monoisotopic (exact) mass is 723 g/mol. The predicted molar refractivity (Wildman–Crippen MR) is 211 cm³/mol. The Balaban J connectivity index is 4.36. The Labute approximate surface area is 313 Å². The van der Waals surface area contributed by atoms with Crippen LogP contribution < -0.4 is 0 Å². The highest BCUT2D eigenvalue weighted by molar-refractivity contribution is 5.72. The highest BCUT2D eigenvalue weighted by Crippen LogP contribution is 2.14. The molecule has 0 rings (SSSR count). The second-order valence-corrected chi connectivity index (χ2v) is 15.3. The summed E-state index contributed by atoms with van der Waals surface area (Å²) < 4.78 is 17.2. The topological polar surface area (TPSA) is 99.1 Å². The smallest absolute Gasteiger partial charge is 0.362 e. The Kier molecular flexibility index (Phi) is 33.4. The lowest BCUT2D eigenvalue weighted by Crippen LogP contribution is -2.50. The van der Waals surface area contributed by atoms with Crippen LogP contribution in [0.1, 0.15) is 181 Å². The summed E-state index contributed by atoms with van der Waals surface area (Å²) in [7, 11) is 5.51. The molecule has 0 spiro atoms. The van der Waals surface area contributed by atoms with E-state index in [0.717, 1.165) is 57.8 Å². The zero-order valence-corrected chi connectivity index (χ0v) is 33.8. The van der Waals surface area contributed by atoms with Crippen LogP contribution in [0.2, 0.25) is 0 Å². The maximum atomic E-state index is 12.7. The quantitative estimate of drug-likeness (QED) is 0.0295. The van der Waals surface area contributed by atoms with Crippen LogP contribution in [0, 0.1) is 0 Å². The molecular weight excluding hydrogens is 642 g/mol. The highest BCUT2D eigenvalue weighted by atomic mass is 16.6. The second-order valence-electron chi connectivity index (χ2n) is 15.3. The van der Waals surface area contributed by atoms with Crippen molar-refractivity contribution >= 4 is 17.9 Å². The molecule has 2 unspecified atom stereocenters. The van der Waals surface area contributed by atoms with Gasteiger partial charge in [-0.15, -0.1) is 0 Å². The SMILES string of the molecule is CCCCCCCCC/C=C/C=C/CCCCCCCC(=O)OC(COCCC(C(=O)O)[N+](C)(C)C)COC(=O)CCCCCCCCCCC. The third-order valence-electron chi connectivity index (χ3n) is 9.38. The lowest BCUT2D eigenvalue weighted by molar-refractivity contribution is -0.887. The van der Waals surface area contributed by atoms with E-state index in [2.05, 4.69) is 38.2 Å². The molecule has 0 aliphatic heterocycles. The van der Waals surface area contributed by atoms with Crippen molar-refractivity contribution in [2.45, 2.75) is 193 Å². The Morgan fingerprint density at radius 3 is 1.47 bits per heavy atom. The molecule has 0 bridgehead atoms. The number of quaternary nitrogens is 1. The summed E-state index contributed by atoms with van der Waals surface area (Å²) in [5, 5.41) is 9.59. The fourth-order valence-electron chi connectivity index (χ4n) is 6.08. The molecule has 8 heteroatoms. The maximum absolute atomic E-state index is 12.7. The molecule has 2 atom stereocenters. The largest absolute Gasteiger partial charge is 0.477 e. The normalized spacial score (nSPS) is 13.2. The molecule has 0 saturated heterocycles. The van der Waals surface area contributed by atoms with Crippen molar-refractivity contribution < 1.29 is 38.2 Å². The number of nitrogens with zero attached hydrogens (tertiary/aromatic N) is 1. The van der Waals surface area contributed by atoms with Gasteiger partial charge in [-0.3, -0.25) is 9.59 Å². The number of aliphatic carboxylic acids is 1. The second kappa shape index (κ2) is 34.9. The van der Waals surface area contributed by atoms with Gasteiger partial charge in [-0.2, -0.15) is 0 Å². The number of hydrogen-bond acceptors (Lipinski definition) is 6. The third-order valence-corrected chi connectivity index (χ3v) is 9.38. The van der Waals surface area contributed by atoms with Gasteiger partial charge in [0.25, 0.3) is 0 Å². The Bertz CT molecular complexity index is 895. The molecule has 51 heavy (non-hydrogen) atoms. The van der Waals surface area contributed by atoms with E-state index in [0.29, 0.717) is 19.3 Å². The number of carbonyl (C=O) groups excluding carboxylic acids is 2. The predicted octanol–water partition coefficient (Wildman–Crippen LogP) is 10.9. The molecule has 0 aliphatic carbocycles. The fourth-order valence-corrected chi connectivity index (χ4v) is 6.08. The Hall–Kier alpha value is -2.19. The number of likely N-dealkylation sites (N-methyl/N-ethyl adjacent to an activating group) is 1. The first-order chi connectivity index (χ1) is 24.6. The van der Waals surface area contributed by atoms with E-state index in [1.54, 1.807) is 0 Å². The van der Waals surface area contributed by atoms with Gasteiger partial charge >= 0.3 is 17.9 Å². The van der Waals surface area contributed by atoms with E-state index in [1.165, 1.54) is 89.9 Å². The average molecular weight is 723 g/mol. The molecule has 8 nitrogen and oxygen atoms in total. The standard InChI is InChI=1S/C43H79NO7/c1-6-8-10-12-14-16-17-18-19-20-21-22-23-24-26-28-30-32-34-42(46)51-39(37-49-36-35-40(43(47)48)44(3,4)5)38-50-41(45)33-31-29-27-25-15-13-11-9-7-2/h19-22,39-40H,6-18,23-38H2,1-5H3/p+1/b20-19+,22-21+. The molecule has 298 valence electrons. The van der Waals surface area contributed by atoms with Crippen molar-refractivity contribution in [3.63, 3.8) is 0 Å². The molecule has 0 aromatic rings. The zero-order valence-electron chi connectivity index (χ0n) is 33.8. The van der Waals surface area contributed by atoms with E-state index in [9.17, 15) is 19.5 Å². The summed E-state index contributed by atoms with van der Waals surface area (Å²) in [6.07, 6.45) is 36.5. The molecule has 0 heterocycles. The molecule has 0 aliphatic rings. The van der Waals surface area contributed by atoms with Crippen molar-refractivity contribution in [3.8, 4) is 0 Å². The minimum absolute atomic E-state index is 0.0540. The minimum atomic E-state index is -0.877. The van der Waals surface area contributed by atoms with E-state index >= 15 is 0 Å².